The van der Waals surface area contributed by atoms with Crippen LogP contribution in [0.1, 0.15) is 0 Å². The van der Waals surface area contributed by atoms with Crippen LogP contribution in [0.5, 0.6) is 0 Å². The molecule has 0 aromatic carbocycles. The molecule has 92 valence electrons. The Morgan fingerprint density at radius 3 is 3.00 bits per heavy atom. The van der Waals surface area contributed by atoms with Crippen molar-refractivity contribution in [2.75, 3.05) is 5.73 Å². The van der Waals surface area contributed by atoms with Crippen molar-refractivity contribution in [3.8, 4) is 0 Å². The lowest BCUT2D eigenvalue weighted by Crippen LogP contribution is -2.22. The molecular weight excluding hydrogens is 250 g/mol. The normalized spacial score (nSPS) is 11.1. The van der Waals surface area contributed by atoms with Gasteiger partial charge in [-0.15, -0.1) is 11.3 Å². The summed E-state index contributed by atoms with van der Waals surface area (Å²) in [6.07, 6.45) is 3.36. The minimum atomic E-state index is -0.00451. The molecule has 7 heteroatoms. The highest BCUT2D eigenvalue weighted by Crippen LogP contribution is 2.13. The standard InChI is InChI=1S/C11H11N5OS/c12-9-1-3-16(14-9)5-4-15-7-13-8-2-6-18-10(8)11(15)17/h1-3,6-7H,4-5H2,(H2,12,14). The predicted molar refractivity (Wildman–Crippen MR) is 70.5 cm³/mol. The molecule has 0 saturated carbocycles. The third-order valence-corrected chi connectivity index (χ3v) is 3.56. The van der Waals surface area contributed by atoms with Gasteiger partial charge in [-0.3, -0.25) is 14.0 Å². The number of nitrogens with zero attached hydrogens (tertiary/aromatic N) is 4. The van der Waals surface area contributed by atoms with Gasteiger partial charge < -0.3 is 5.73 Å². The number of fused-ring (bicyclic) bond motifs is 1. The zero-order valence-electron chi connectivity index (χ0n) is 9.48. The highest BCUT2D eigenvalue weighted by Gasteiger charge is 2.05. The molecule has 0 atom stereocenters. The van der Waals surface area contributed by atoms with Gasteiger partial charge in [-0.1, -0.05) is 0 Å². The van der Waals surface area contributed by atoms with Crippen molar-refractivity contribution in [3.63, 3.8) is 0 Å². The van der Waals surface area contributed by atoms with E-state index in [1.165, 1.54) is 11.3 Å². The van der Waals surface area contributed by atoms with E-state index in [0.717, 1.165) is 5.52 Å². The first-order chi connectivity index (χ1) is 8.74. The Kier molecular flexibility index (Phi) is 2.60. The number of hydrogen-bond donors (Lipinski definition) is 1. The van der Waals surface area contributed by atoms with Gasteiger partial charge in [0.25, 0.3) is 5.56 Å². The van der Waals surface area contributed by atoms with Gasteiger partial charge in [0.15, 0.2) is 0 Å². The Bertz CT molecular complexity index is 741. The molecule has 0 saturated heterocycles. The number of thiophene rings is 1. The largest absolute Gasteiger partial charge is 0.382 e. The lowest BCUT2D eigenvalue weighted by Gasteiger charge is -2.05. The van der Waals surface area contributed by atoms with Crippen LogP contribution < -0.4 is 11.3 Å². The minimum absolute atomic E-state index is 0.00451. The van der Waals surface area contributed by atoms with Gasteiger partial charge in [-0.2, -0.15) is 5.10 Å². The van der Waals surface area contributed by atoms with Gasteiger partial charge >= 0.3 is 0 Å². The number of aromatic nitrogens is 4. The Hall–Kier alpha value is -2.15. The van der Waals surface area contributed by atoms with Crippen molar-refractivity contribution in [2.24, 2.45) is 0 Å². The van der Waals surface area contributed by atoms with Crippen molar-refractivity contribution in [3.05, 3.63) is 40.4 Å². The first kappa shape index (κ1) is 11.0. The number of anilines is 1. The molecule has 0 unspecified atom stereocenters. The molecular formula is C11H11N5OS. The molecule has 3 aromatic rings. The van der Waals surface area contributed by atoms with Gasteiger partial charge in [0.1, 0.15) is 10.5 Å². The van der Waals surface area contributed by atoms with Crippen LogP contribution in [-0.2, 0) is 13.1 Å². The molecule has 0 aliphatic heterocycles. The van der Waals surface area contributed by atoms with E-state index >= 15 is 0 Å². The lowest BCUT2D eigenvalue weighted by atomic mass is 10.4. The second kappa shape index (κ2) is 4.26. The maximum absolute atomic E-state index is 12.1. The van der Waals surface area contributed by atoms with E-state index < -0.39 is 0 Å². The summed E-state index contributed by atoms with van der Waals surface area (Å²) in [6, 6.07) is 3.57. The third kappa shape index (κ3) is 1.88. The molecule has 0 fully saturated rings. The minimum Gasteiger partial charge on any atom is -0.382 e. The summed E-state index contributed by atoms with van der Waals surface area (Å²) in [6.45, 7) is 1.12. The SMILES string of the molecule is Nc1ccn(CCn2cnc3ccsc3c2=O)n1. The van der Waals surface area contributed by atoms with Gasteiger partial charge in [-0.25, -0.2) is 4.98 Å². The average molecular weight is 261 g/mol. The van der Waals surface area contributed by atoms with E-state index in [1.54, 1.807) is 27.8 Å². The summed E-state index contributed by atoms with van der Waals surface area (Å²) in [4.78, 5) is 16.3. The van der Waals surface area contributed by atoms with E-state index in [9.17, 15) is 4.79 Å². The highest BCUT2D eigenvalue weighted by atomic mass is 32.1. The molecule has 3 aromatic heterocycles. The summed E-state index contributed by atoms with van der Waals surface area (Å²) in [5.74, 6) is 0.481. The summed E-state index contributed by atoms with van der Waals surface area (Å²) in [5, 5.41) is 5.94. The lowest BCUT2D eigenvalue weighted by molar-refractivity contribution is 0.523. The van der Waals surface area contributed by atoms with Crippen LogP contribution in [0.25, 0.3) is 10.2 Å². The maximum atomic E-state index is 12.1. The maximum Gasteiger partial charge on any atom is 0.271 e. The Balaban J connectivity index is 1.86. The number of hydrogen-bond acceptors (Lipinski definition) is 5. The van der Waals surface area contributed by atoms with Crippen molar-refractivity contribution in [1.29, 1.82) is 0 Å². The molecule has 3 heterocycles. The number of nitrogen functional groups attached to an aromatic ring is 1. The fourth-order valence-corrected chi connectivity index (χ4v) is 2.54. The van der Waals surface area contributed by atoms with Crippen LogP contribution in [0.4, 0.5) is 5.82 Å². The molecule has 18 heavy (non-hydrogen) atoms. The first-order valence-electron chi connectivity index (χ1n) is 5.45. The quantitative estimate of drug-likeness (QED) is 0.761. The first-order valence-corrected chi connectivity index (χ1v) is 6.33. The van der Waals surface area contributed by atoms with Crippen molar-refractivity contribution in [2.45, 2.75) is 13.1 Å². The summed E-state index contributed by atoms with van der Waals surface area (Å²) in [5.41, 5.74) is 6.28. The Morgan fingerprint density at radius 1 is 1.33 bits per heavy atom. The van der Waals surface area contributed by atoms with Crippen LogP contribution in [0.2, 0.25) is 0 Å². The monoisotopic (exact) mass is 261 g/mol. The second-order valence-electron chi connectivity index (χ2n) is 3.88. The van der Waals surface area contributed by atoms with E-state index in [4.69, 9.17) is 5.73 Å². The van der Waals surface area contributed by atoms with Gasteiger partial charge in [0.2, 0.25) is 0 Å². The predicted octanol–water partition coefficient (Wildman–Crippen LogP) is 0.937. The second-order valence-corrected chi connectivity index (χ2v) is 4.80. The molecule has 3 rings (SSSR count). The summed E-state index contributed by atoms with van der Waals surface area (Å²) in [7, 11) is 0. The zero-order valence-corrected chi connectivity index (χ0v) is 10.3. The van der Waals surface area contributed by atoms with Crippen LogP contribution in [-0.4, -0.2) is 19.3 Å². The average Bonchev–Trinajstić information content (AvgIpc) is 2.97. The molecule has 0 aliphatic rings. The molecule has 6 nitrogen and oxygen atoms in total. The topological polar surface area (TPSA) is 78.7 Å². The van der Waals surface area contributed by atoms with Gasteiger partial charge in [0, 0.05) is 12.7 Å². The number of aryl methyl sites for hydroxylation is 2. The van der Waals surface area contributed by atoms with Crippen LogP contribution >= 0.6 is 11.3 Å². The van der Waals surface area contributed by atoms with Crippen LogP contribution in [0.3, 0.4) is 0 Å². The summed E-state index contributed by atoms with van der Waals surface area (Å²) >= 11 is 1.42. The molecule has 0 bridgehead atoms. The third-order valence-electron chi connectivity index (χ3n) is 2.67. The number of nitrogens with two attached hydrogens (primary N) is 1. The fourth-order valence-electron chi connectivity index (χ4n) is 1.75. The molecule has 0 aliphatic carbocycles. The van der Waals surface area contributed by atoms with Gasteiger partial charge in [0.05, 0.1) is 18.4 Å². The van der Waals surface area contributed by atoms with Crippen molar-refractivity contribution >= 4 is 27.4 Å². The van der Waals surface area contributed by atoms with Crippen LogP contribution in [0.15, 0.2) is 34.8 Å². The Morgan fingerprint density at radius 2 is 2.22 bits per heavy atom. The molecule has 0 amide bonds. The zero-order chi connectivity index (χ0) is 12.5. The molecule has 0 radical (unpaired) electrons. The Labute approximate surface area is 106 Å². The van der Waals surface area contributed by atoms with Crippen molar-refractivity contribution in [1.82, 2.24) is 19.3 Å². The molecule has 0 spiro atoms. The van der Waals surface area contributed by atoms with E-state index in [-0.39, 0.29) is 5.56 Å². The fraction of sp³-hybridized carbons (Fsp3) is 0.182. The van der Waals surface area contributed by atoms with E-state index in [2.05, 4.69) is 10.1 Å². The van der Waals surface area contributed by atoms with Gasteiger partial charge in [-0.05, 0) is 17.5 Å². The van der Waals surface area contributed by atoms with Crippen LogP contribution in [0, 0.1) is 0 Å². The smallest absolute Gasteiger partial charge is 0.271 e. The summed E-state index contributed by atoms with van der Waals surface area (Å²) < 4.78 is 3.99. The van der Waals surface area contributed by atoms with Crippen molar-refractivity contribution < 1.29 is 0 Å². The highest BCUT2D eigenvalue weighted by molar-refractivity contribution is 7.17. The van der Waals surface area contributed by atoms with E-state index in [1.807, 2.05) is 11.4 Å². The molecule has 2 N–H and O–H groups in total. The number of rotatable bonds is 3. The van der Waals surface area contributed by atoms with E-state index in [0.29, 0.717) is 23.6 Å².